The van der Waals surface area contributed by atoms with Crippen molar-refractivity contribution >= 4 is 81.8 Å². The third kappa shape index (κ3) is 8.53. The summed E-state index contributed by atoms with van der Waals surface area (Å²) in [5.74, 6) is 0. The van der Waals surface area contributed by atoms with Crippen LogP contribution in [0.15, 0.2) is 0 Å². The second-order valence-corrected chi connectivity index (χ2v) is 8.74. The summed E-state index contributed by atoms with van der Waals surface area (Å²) in [5.41, 5.74) is 0. The number of amides is 2. The fraction of sp³-hybridized carbons (Fsp3) is 0.800. The van der Waals surface area contributed by atoms with E-state index in [1.165, 1.54) is 13.8 Å². The minimum absolute atomic E-state index is 0.0127. The van der Waals surface area contributed by atoms with Gasteiger partial charge in [-0.25, -0.2) is 9.59 Å². The van der Waals surface area contributed by atoms with Gasteiger partial charge in [-0.1, -0.05) is 69.6 Å². The molecule has 0 fully saturated rings. The Morgan fingerprint density at radius 1 is 0.917 bits per heavy atom. The van der Waals surface area contributed by atoms with Crippen LogP contribution in [0.2, 0.25) is 0 Å². The number of hydrogen-bond acceptors (Lipinski definition) is 6. The zero-order valence-electron chi connectivity index (χ0n) is 12.4. The van der Waals surface area contributed by atoms with Crippen LogP contribution < -0.4 is 10.6 Å². The van der Waals surface area contributed by atoms with Crippen LogP contribution in [0, 0.1) is 0 Å². The van der Waals surface area contributed by atoms with Crippen molar-refractivity contribution in [1.82, 2.24) is 15.7 Å². The van der Waals surface area contributed by atoms with Crippen LogP contribution >= 0.6 is 69.6 Å². The summed E-state index contributed by atoms with van der Waals surface area (Å²) in [4.78, 5) is 23.1. The summed E-state index contributed by atoms with van der Waals surface area (Å²) in [6.07, 6.45) is -5.53. The van der Waals surface area contributed by atoms with Gasteiger partial charge in [0.05, 0.1) is 13.2 Å². The number of nitrogens with zero attached hydrogens (tertiary/aromatic N) is 1. The molecule has 24 heavy (non-hydrogen) atoms. The van der Waals surface area contributed by atoms with Gasteiger partial charge < -0.3 is 14.7 Å². The standard InChI is InChI=1S/C10H15Cl6N3O5/c1-3-23-7(20)17-5(9(11,12)13)19(22)6(10(14,15)16)18-8(21)24-4-2/h5-6,22H,3-4H2,1-2H3,(H,17,20)(H,18,21)/t5-,6-/m0/s1. The van der Waals surface area contributed by atoms with Crippen molar-refractivity contribution in [2.45, 2.75) is 33.8 Å². The van der Waals surface area contributed by atoms with Gasteiger partial charge in [0.15, 0.2) is 12.3 Å². The van der Waals surface area contributed by atoms with E-state index in [1.807, 2.05) is 0 Å². The first-order valence-electron chi connectivity index (χ1n) is 6.31. The average Bonchev–Trinajstić information content (AvgIpc) is 2.39. The Labute approximate surface area is 168 Å². The van der Waals surface area contributed by atoms with Crippen molar-refractivity contribution in [2.75, 3.05) is 13.2 Å². The first-order valence-corrected chi connectivity index (χ1v) is 8.58. The highest BCUT2D eigenvalue weighted by atomic mass is 35.6. The van der Waals surface area contributed by atoms with Crippen molar-refractivity contribution in [1.29, 1.82) is 0 Å². The molecule has 0 saturated carbocycles. The Morgan fingerprint density at radius 2 is 1.21 bits per heavy atom. The molecule has 0 aromatic heterocycles. The van der Waals surface area contributed by atoms with E-state index in [0.29, 0.717) is 0 Å². The Hall–Kier alpha value is 0.200. The number of halogens is 6. The SMILES string of the molecule is CCOC(=O)N[C@@H](N(O)[C@H](NC(=O)OCC)C(Cl)(Cl)Cl)C(Cl)(Cl)Cl. The van der Waals surface area contributed by atoms with Crippen LogP contribution in [0.1, 0.15) is 13.8 Å². The minimum atomic E-state index is -2.29. The van der Waals surface area contributed by atoms with E-state index < -0.39 is 32.1 Å². The van der Waals surface area contributed by atoms with Crippen molar-refractivity contribution in [3.8, 4) is 0 Å². The summed E-state index contributed by atoms with van der Waals surface area (Å²) in [7, 11) is 0. The molecular weight excluding hydrogens is 455 g/mol. The number of carbonyl (C=O) groups excluding carboxylic acids is 2. The highest BCUT2D eigenvalue weighted by molar-refractivity contribution is 6.68. The number of carbonyl (C=O) groups is 2. The van der Waals surface area contributed by atoms with Gasteiger partial charge in [-0.15, -0.1) is 5.06 Å². The van der Waals surface area contributed by atoms with E-state index in [0.717, 1.165) is 0 Å². The molecule has 0 unspecified atom stereocenters. The molecule has 0 spiro atoms. The van der Waals surface area contributed by atoms with Crippen molar-refractivity contribution in [3.63, 3.8) is 0 Å². The van der Waals surface area contributed by atoms with Crippen LogP contribution in [-0.2, 0) is 9.47 Å². The third-order valence-electron chi connectivity index (χ3n) is 2.21. The van der Waals surface area contributed by atoms with Crippen molar-refractivity contribution < 1.29 is 24.3 Å². The molecule has 0 heterocycles. The predicted octanol–water partition coefficient (Wildman–Crippen LogP) is 3.56. The smallest absolute Gasteiger partial charge is 0.408 e. The molecule has 0 aromatic carbocycles. The van der Waals surface area contributed by atoms with Gasteiger partial charge in [0, 0.05) is 0 Å². The topological polar surface area (TPSA) is 100 Å². The van der Waals surface area contributed by atoms with Gasteiger partial charge in [-0.05, 0) is 13.8 Å². The summed E-state index contributed by atoms with van der Waals surface area (Å²) in [6, 6.07) is 0. The monoisotopic (exact) mass is 467 g/mol. The molecule has 2 atom stereocenters. The van der Waals surface area contributed by atoms with E-state index >= 15 is 0 Å². The molecule has 0 aliphatic heterocycles. The van der Waals surface area contributed by atoms with E-state index in [-0.39, 0.29) is 18.3 Å². The maximum atomic E-state index is 11.5. The molecule has 8 nitrogen and oxygen atoms in total. The number of alkyl carbamates (subject to hydrolysis) is 2. The highest BCUT2D eigenvalue weighted by Gasteiger charge is 2.48. The van der Waals surface area contributed by atoms with Gasteiger partial charge in [-0.3, -0.25) is 10.6 Å². The van der Waals surface area contributed by atoms with Crippen molar-refractivity contribution in [2.24, 2.45) is 0 Å². The van der Waals surface area contributed by atoms with Crippen molar-refractivity contribution in [3.05, 3.63) is 0 Å². The molecule has 0 aromatic rings. The molecule has 0 rings (SSSR count). The molecule has 0 aliphatic rings. The Morgan fingerprint density at radius 3 is 1.42 bits per heavy atom. The number of nitrogens with one attached hydrogen (secondary N) is 2. The highest BCUT2D eigenvalue weighted by Crippen LogP contribution is 2.37. The van der Waals surface area contributed by atoms with Gasteiger partial charge in [0.25, 0.3) is 0 Å². The molecule has 0 radical (unpaired) electrons. The fourth-order valence-electron chi connectivity index (χ4n) is 1.31. The lowest BCUT2D eigenvalue weighted by atomic mass is 10.4. The van der Waals surface area contributed by atoms with Gasteiger partial charge in [-0.2, -0.15) is 0 Å². The molecule has 14 heteroatoms. The summed E-state index contributed by atoms with van der Waals surface area (Å²) >= 11 is 34.3. The first kappa shape index (κ1) is 24.2. The van der Waals surface area contributed by atoms with Crippen LogP contribution in [0.25, 0.3) is 0 Å². The molecule has 3 N–H and O–H groups in total. The van der Waals surface area contributed by atoms with Gasteiger partial charge >= 0.3 is 12.2 Å². The van der Waals surface area contributed by atoms with Crippen LogP contribution in [0.4, 0.5) is 9.59 Å². The van der Waals surface area contributed by atoms with Crippen LogP contribution in [-0.4, -0.2) is 55.6 Å². The Bertz CT molecular complexity index is 392. The molecule has 0 aliphatic carbocycles. The lowest BCUT2D eigenvalue weighted by Gasteiger charge is -2.38. The third-order valence-corrected chi connectivity index (χ3v) is 3.45. The zero-order valence-corrected chi connectivity index (χ0v) is 16.9. The molecule has 2 amide bonds. The normalized spacial score (nSPS) is 14.8. The van der Waals surface area contributed by atoms with E-state index in [2.05, 4.69) is 20.1 Å². The maximum absolute atomic E-state index is 11.5. The molecule has 142 valence electrons. The Balaban J connectivity index is 5.45. The van der Waals surface area contributed by atoms with Crippen LogP contribution in [0.3, 0.4) is 0 Å². The minimum Gasteiger partial charge on any atom is -0.450 e. The summed E-state index contributed by atoms with van der Waals surface area (Å²) in [5, 5.41) is 14.5. The lowest BCUT2D eigenvalue weighted by Crippen LogP contribution is -2.64. The number of alkyl halides is 6. The van der Waals surface area contributed by atoms with Gasteiger partial charge in [0.1, 0.15) is 0 Å². The Kier molecular flexibility index (Phi) is 10.5. The van der Waals surface area contributed by atoms with Gasteiger partial charge in [0.2, 0.25) is 7.59 Å². The average molecular weight is 470 g/mol. The maximum Gasteiger partial charge on any atom is 0.408 e. The zero-order chi connectivity index (χ0) is 19.1. The second-order valence-electron chi connectivity index (χ2n) is 4.00. The summed E-state index contributed by atoms with van der Waals surface area (Å²) in [6.45, 7) is 3.09. The predicted molar refractivity (Wildman–Crippen MR) is 92.1 cm³/mol. The number of hydrogen-bond donors (Lipinski definition) is 3. The summed E-state index contributed by atoms with van der Waals surface area (Å²) < 4.78 is 4.68. The van der Waals surface area contributed by atoms with E-state index in [1.54, 1.807) is 0 Å². The molecule has 0 bridgehead atoms. The largest absolute Gasteiger partial charge is 0.450 e. The number of ether oxygens (including phenoxy) is 2. The lowest BCUT2D eigenvalue weighted by molar-refractivity contribution is -0.170. The molecular formula is C10H15Cl6N3O5. The first-order chi connectivity index (χ1) is 10.8. The number of hydroxylamine groups is 2. The van der Waals surface area contributed by atoms with Crippen LogP contribution in [0.5, 0.6) is 0 Å². The second kappa shape index (κ2) is 10.4. The number of rotatable bonds is 6. The quantitative estimate of drug-likeness (QED) is 0.312. The molecule has 0 saturated heterocycles. The fourth-order valence-corrected chi connectivity index (χ4v) is 2.24. The van der Waals surface area contributed by atoms with E-state index in [9.17, 15) is 14.8 Å². The van der Waals surface area contributed by atoms with E-state index in [4.69, 9.17) is 69.6 Å².